The highest BCUT2D eigenvalue weighted by Crippen LogP contribution is 2.11. The molecule has 2 rings (SSSR count). The molecule has 0 saturated carbocycles. The second kappa shape index (κ2) is 9.62. The third-order valence-corrected chi connectivity index (χ3v) is 3.44. The third kappa shape index (κ3) is 5.62. The molecule has 0 aliphatic rings. The average molecular weight is 330 g/mol. The summed E-state index contributed by atoms with van der Waals surface area (Å²) in [5.74, 6) is 0.300. The lowest BCUT2D eigenvalue weighted by Gasteiger charge is -2.11. The predicted octanol–water partition coefficient (Wildman–Crippen LogP) is 2.01. The molecule has 6 heteroatoms. The van der Waals surface area contributed by atoms with Crippen molar-refractivity contribution in [2.45, 2.75) is 26.5 Å². The number of hydrogen-bond donors (Lipinski definition) is 3. The van der Waals surface area contributed by atoms with Crippen LogP contribution in [0.1, 0.15) is 23.7 Å². The van der Waals surface area contributed by atoms with Gasteiger partial charge >= 0.3 is 0 Å². The number of aliphatic hydroxyl groups excluding tert-OH is 1. The normalized spacial score (nSPS) is 11.4. The van der Waals surface area contributed by atoms with E-state index in [1.165, 1.54) is 6.07 Å². The third-order valence-electron chi connectivity index (χ3n) is 3.44. The number of benzene rings is 1. The molecule has 3 N–H and O–H groups in total. The minimum Gasteiger partial charge on any atom is -0.392 e. The number of aliphatic imine (C=N–C) groups is 1. The molecule has 0 aliphatic carbocycles. The summed E-state index contributed by atoms with van der Waals surface area (Å²) in [6.45, 7) is 3.56. The number of aromatic nitrogens is 1. The first-order valence-corrected chi connectivity index (χ1v) is 8.03. The Morgan fingerprint density at radius 2 is 2.12 bits per heavy atom. The molecule has 0 radical (unpaired) electrons. The van der Waals surface area contributed by atoms with Crippen molar-refractivity contribution in [3.63, 3.8) is 0 Å². The van der Waals surface area contributed by atoms with Crippen LogP contribution in [-0.2, 0) is 19.6 Å². The fourth-order valence-electron chi connectivity index (χ4n) is 2.21. The highest BCUT2D eigenvalue weighted by atomic mass is 19.1. The van der Waals surface area contributed by atoms with Gasteiger partial charge in [-0.15, -0.1) is 0 Å². The van der Waals surface area contributed by atoms with Crippen molar-refractivity contribution in [3.8, 4) is 0 Å². The van der Waals surface area contributed by atoms with Gasteiger partial charge in [0.15, 0.2) is 5.96 Å². The van der Waals surface area contributed by atoms with Gasteiger partial charge in [0.2, 0.25) is 0 Å². The Balaban J connectivity index is 1.92. The van der Waals surface area contributed by atoms with Crippen LogP contribution in [0, 0.1) is 5.82 Å². The lowest BCUT2D eigenvalue weighted by atomic mass is 10.1. The van der Waals surface area contributed by atoms with Gasteiger partial charge in [-0.3, -0.25) is 4.98 Å². The number of nitrogens with zero attached hydrogens (tertiary/aromatic N) is 2. The molecule has 0 spiro atoms. The Hall–Kier alpha value is -2.47. The van der Waals surface area contributed by atoms with Crippen molar-refractivity contribution in [2.75, 3.05) is 13.1 Å². The van der Waals surface area contributed by atoms with Crippen LogP contribution in [0.2, 0.25) is 0 Å². The zero-order valence-corrected chi connectivity index (χ0v) is 13.8. The van der Waals surface area contributed by atoms with E-state index < -0.39 is 5.82 Å². The van der Waals surface area contributed by atoms with Crippen LogP contribution in [-0.4, -0.2) is 29.1 Å². The summed E-state index contributed by atoms with van der Waals surface area (Å²) in [4.78, 5) is 8.77. The lowest BCUT2D eigenvalue weighted by molar-refractivity contribution is 0.275. The van der Waals surface area contributed by atoms with E-state index in [0.29, 0.717) is 19.0 Å². The van der Waals surface area contributed by atoms with E-state index in [1.54, 1.807) is 18.3 Å². The molecule has 0 unspecified atom stereocenters. The Bertz CT molecular complexity index is 661. The van der Waals surface area contributed by atoms with E-state index in [0.717, 1.165) is 24.2 Å². The van der Waals surface area contributed by atoms with Crippen molar-refractivity contribution in [2.24, 2.45) is 4.99 Å². The summed E-state index contributed by atoms with van der Waals surface area (Å²) < 4.78 is 13.4. The van der Waals surface area contributed by atoms with Crippen LogP contribution < -0.4 is 10.6 Å². The van der Waals surface area contributed by atoms with Crippen LogP contribution in [0.3, 0.4) is 0 Å². The lowest BCUT2D eigenvalue weighted by Crippen LogP contribution is -2.38. The molecule has 1 heterocycles. The second-order valence-electron chi connectivity index (χ2n) is 5.28. The molecule has 0 saturated heterocycles. The number of halogens is 1. The van der Waals surface area contributed by atoms with Crippen molar-refractivity contribution in [1.82, 2.24) is 15.6 Å². The van der Waals surface area contributed by atoms with Crippen LogP contribution in [0.4, 0.5) is 4.39 Å². The molecule has 1 aromatic heterocycles. The van der Waals surface area contributed by atoms with Crippen LogP contribution >= 0.6 is 0 Å². The quantitative estimate of drug-likeness (QED) is 0.536. The minimum atomic E-state index is -0.398. The summed E-state index contributed by atoms with van der Waals surface area (Å²) in [5, 5.41) is 15.6. The zero-order valence-electron chi connectivity index (χ0n) is 13.8. The molecule has 128 valence electrons. The smallest absolute Gasteiger partial charge is 0.191 e. The molecule has 5 nitrogen and oxygen atoms in total. The van der Waals surface area contributed by atoms with Gasteiger partial charge in [0.25, 0.3) is 0 Å². The van der Waals surface area contributed by atoms with Gasteiger partial charge < -0.3 is 15.7 Å². The first kappa shape index (κ1) is 17.9. The van der Waals surface area contributed by atoms with Gasteiger partial charge in [-0.1, -0.05) is 12.1 Å². The summed E-state index contributed by atoms with van der Waals surface area (Å²) in [6.07, 6.45) is 2.58. The van der Waals surface area contributed by atoms with Crippen molar-refractivity contribution in [3.05, 3.63) is 65.2 Å². The molecule has 24 heavy (non-hydrogen) atoms. The van der Waals surface area contributed by atoms with E-state index in [9.17, 15) is 4.39 Å². The molecule has 0 aliphatic heterocycles. The molecule has 0 amide bonds. The Kier molecular flexibility index (Phi) is 7.17. The molecular formula is C18H23FN4O. The molecule has 0 atom stereocenters. The molecule has 1 aromatic carbocycles. The van der Waals surface area contributed by atoms with E-state index in [2.05, 4.69) is 20.6 Å². The Morgan fingerprint density at radius 1 is 1.25 bits per heavy atom. The van der Waals surface area contributed by atoms with E-state index in [4.69, 9.17) is 5.11 Å². The van der Waals surface area contributed by atoms with Gasteiger partial charge in [-0.25, -0.2) is 9.38 Å². The molecule has 2 aromatic rings. The van der Waals surface area contributed by atoms with Crippen LogP contribution in [0.15, 0.2) is 47.6 Å². The number of nitrogens with one attached hydrogen (secondary N) is 2. The molecular weight excluding hydrogens is 307 g/mol. The van der Waals surface area contributed by atoms with Crippen molar-refractivity contribution in [1.29, 1.82) is 0 Å². The van der Waals surface area contributed by atoms with Crippen molar-refractivity contribution < 1.29 is 9.50 Å². The first-order chi connectivity index (χ1) is 11.7. The highest BCUT2D eigenvalue weighted by Gasteiger charge is 2.03. The number of guanidine groups is 1. The van der Waals surface area contributed by atoms with Crippen LogP contribution in [0.25, 0.3) is 0 Å². The first-order valence-electron chi connectivity index (χ1n) is 8.03. The maximum absolute atomic E-state index is 13.4. The Labute approximate surface area is 141 Å². The summed E-state index contributed by atoms with van der Waals surface area (Å²) in [5.41, 5.74) is 2.16. The maximum Gasteiger partial charge on any atom is 0.191 e. The van der Waals surface area contributed by atoms with Gasteiger partial charge in [0.05, 0.1) is 13.2 Å². The fraction of sp³-hybridized carbons (Fsp3) is 0.333. The number of hydrogen-bond acceptors (Lipinski definition) is 3. The number of aliphatic hydroxyl groups is 1. The van der Waals surface area contributed by atoms with Gasteiger partial charge in [0.1, 0.15) is 5.82 Å². The monoisotopic (exact) mass is 330 g/mol. The van der Waals surface area contributed by atoms with E-state index in [-0.39, 0.29) is 12.2 Å². The van der Waals surface area contributed by atoms with E-state index >= 15 is 0 Å². The SMILES string of the molecule is CCNC(=NCc1ccc(F)c(CO)c1)NCCc1ccccn1. The van der Waals surface area contributed by atoms with Crippen LogP contribution in [0.5, 0.6) is 0 Å². The second-order valence-corrected chi connectivity index (χ2v) is 5.28. The molecule has 0 fully saturated rings. The topological polar surface area (TPSA) is 69.5 Å². The largest absolute Gasteiger partial charge is 0.392 e. The predicted molar refractivity (Wildman–Crippen MR) is 93.1 cm³/mol. The average Bonchev–Trinajstić information content (AvgIpc) is 2.61. The maximum atomic E-state index is 13.4. The summed E-state index contributed by atoms with van der Waals surface area (Å²) >= 11 is 0. The van der Waals surface area contributed by atoms with Gasteiger partial charge in [-0.05, 0) is 36.8 Å². The summed E-state index contributed by atoms with van der Waals surface area (Å²) in [6, 6.07) is 10.5. The molecule has 0 bridgehead atoms. The van der Waals surface area contributed by atoms with Gasteiger partial charge in [-0.2, -0.15) is 0 Å². The van der Waals surface area contributed by atoms with Gasteiger partial charge in [0, 0.05) is 37.0 Å². The number of rotatable bonds is 7. The van der Waals surface area contributed by atoms with Crippen molar-refractivity contribution >= 4 is 5.96 Å². The highest BCUT2D eigenvalue weighted by molar-refractivity contribution is 5.79. The Morgan fingerprint density at radius 3 is 2.83 bits per heavy atom. The fourth-order valence-corrected chi connectivity index (χ4v) is 2.21. The minimum absolute atomic E-state index is 0.288. The van der Waals surface area contributed by atoms with E-state index in [1.807, 2.05) is 25.1 Å². The zero-order chi connectivity index (χ0) is 17.2. The summed E-state index contributed by atoms with van der Waals surface area (Å²) in [7, 11) is 0. The standard InChI is InChI=1S/C18H23FN4O/c1-2-20-18(22-10-8-16-5-3-4-9-21-16)23-12-14-6-7-17(19)15(11-14)13-24/h3-7,9,11,24H,2,8,10,12-13H2,1H3,(H2,20,22,23). The number of pyridine rings is 1.